The second-order valence-corrected chi connectivity index (χ2v) is 6.68. The Morgan fingerprint density at radius 1 is 1.00 bits per heavy atom. The van der Waals surface area contributed by atoms with Gasteiger partial charge in [0.05, 0.1) is 7.11 Å². The van der Waals surface area contributed by atoms with Gasteiger partial charge in [0.1, 0.15) is 5.75 Å². The average molecular weight is 330 g/mol. The van der Waals surface area contributed by atoms with Crippen molar-refractivity contribution in [2.75, 3.05) is 33.3 Å². The van der Waals surface area contributed by atoms with Crippen molar-refractivity contribution in [1.29, 1.82) is 0 Å². The SMILES string of the molecule is COc1cccc(C(=O)N2CCCN(C(=O)C3CCCC3)CC2)c1. The maximum absolute atomic E-state index is 12.7. The molecule has 0 radical (unpaired) electrons. The van der Waals surface area contributed by atoms with Crippen LogP contribution in [-0.2, 0) is 4.79 Å². The van der Waals surface area contributed by atoms with E-state index in [1.807, 2.05) is 28.0 Å². The van der Waals surface area contributed by atoms with Crippen LogP contribution in [0.15, 0.2) is 24.3 Å². The molecule has 3 rings (SSSR count). The minimum atomic E-state index is 0.0177. The molecule has 1 aliphatic heterocycles. The quantitative estimate of drug-likeness (QED) is 0.856. The molecule has 0 unspecified atom stereocenters. The lowest BCUT2D eigenvalue weighted by Gasteiger charge is -2.24. The van der Waals surface area contributed by atoms with Gasteiger partial charge in [0.15, 0.2) is 0 Å². The van der Waals surface area contributed by atoms with Gasteiger partial charge in [0.2, 0.25) is 5.91 Å². The molecule has 1 saturated heterocycles. The summed E-state index contributed by atoms with van der Waals surface area (Å²) in [7, 11) is 1.60. The molecule has 1 aliphatic carbocycles. The summed E-state index contributed by atoms with van der Waals surface area (Å²) in [5.74, 6) is 1.21. The highest BCUT2D eigenvalue weighted by molar-refractivity contribution is 5.94. The fourth-order valence-electron chi connectivity index (χ4n) is 3.71. The maximum Gasteiger partial charge on any atom is 0.254 e. The summed E-state index contributed by atoms with van der Waals surface area (Å²) in [6.07, 6.45) is 5.24. The van der Waals surface area contributed by atoms with E-state index in [0.29, 0.717) is 36.9 Å². The molecule has 130 valence electrons. The predicted molar refractivity (Wildman–Crippen MR) is 92.1 cm³/mol. The molecular weight excluding hydrogens is 304 g/mol. The molecule has 0 bridgehead atoms. The molecule has 1 saturated carbocycles. The molecule has 2 fully saturated rings. The number of hydrogen-bond acceptors (Lipinski definition) is 3. The van der Waals surface area contributed by atoms with Crippen molar-refractivity contribution in [2.45, 2.75) is 32.1 Å². The number of carbonyl (C=O) groups excluding carboxylic acids is 2. The van der Waals surface area contributed by atoms with Crippen LogP contribution in [0, 0.1) is 5.92 Å². The first-order chi connectivity index (χ1) is 11.7. The lowest BCUT2D eigenvalue weighted by atomic mass is 10.1. The summed E-state index contributed by atoms with van der Waals surface area (Å²) in [6.45, 7) is 2.71. The lowest BCUT2D eigenvalue weighted by molar-refractivity contribution is -0.135. The predicted octanol–water partition coefficient (Wildman–Crippen LogP) is 2.56. The Labute approximate surface area is 143 Å². The standard InChI is InChI=1S/C19H26N2O3/c1-24-17-9-4-8-16(14-17)19(23)21-11-5-10-20(12-13-21)18(22)15-6-2-3-7-15/h4,8-9,14-15H,2-3,5-7,10-13H2,1H3. The van der Waals surface area contributed by atoms with E-state index in [2.05, 4.69) is 0 Å². The van der Waals surface area contributed by atoms with Gasteiger partial charge in [-0.1, -0.05) is 18.9 Å². The third-order valence-electron chi connectivity index (χ3n) is 5.12. The third kappa shape index (κ3) is 3.71. The van der Waals surface area contributed by atoms with Crippen LogP contribution in [0.5, 0.6) is 5.75 Å². The van der Waals surface area contributed by atoms with Crippen molar-refractivity contribution in [1.82, 2.24) is 9.80 Å². The van der Waals surface area contributed by atoms with E-state index >= 15 is 0 Å². The van der Waals surface area contributed by atoms with Crippen LogP contribution in [0.3, 0.4) is 0 Å². The minimum Gasteiger partial charge on any atom is -0.497 e. The van der Waals surface area contributed by atoms with Crippen LogP contribution >= 0.6 is 0 Å². The highest BCUT2D eigenvalue weighted by Gasteiger charge is 2.29. The number of methoxy groups -OCH3 is 1. The largest absolute Gasteiger partial charge is 0.497 e. The number of ether oxygens (including phenoxy) is 1. The van der Waals surface area contributed by atoms with Crippen molar-refractivity contribution in [2.24, 2.45) is 5.92 Å². The average Bonchev–Trinajstić information content (AvgIpc) is 3.05. The summed E-state index contributed by atoms with van der Waals surface area (Å²) < 4.78 is 5.20. The fourth-order valence-corrected chi connectivity index (χ4v) is 3.71. The zero-order chi connectivity index (χ0) is 16.9. The maximum atomic E-state index is 12.7. The van der Waals surface area contributed by atoms with Gasteiger partial charge in [-0.2, -0.15) is 0 Å². The van der Waals surface area contributed by atoms with Crippen molar-refractivity contribution >= 4 is 11.8 Å². The first-order valence-electron chi connectivity index (χ1n) is 8.91. The molecule has 2 amide bonds. The Morgan fingerprint density at radius 2 is 1.71 bits per heavy atom. The van der Waals surface area contributed by atoms with Crippen LogP contribution in [-0.4, -0.2) is 54.9 Å². The van der Waals surface area contributed by atoms with Crippen molar-refractivity contribution < 1.29 is 14.3 Å². The van der Waals surface area contributed by atoms with Crippen molar-refractivity contribution in [3.05, 3.63) is 29.8 Å². The summed E-state index contributed by atoms with van der Waals surface area (Å²) in [5.41, 5.74) is 0.643. The van der Waals surface area contributed by atoms with Crippen LogP contribution in [0.4, 0.5) is 0 Å². The number of carbonyl (C=O) groups is 2. The van der Waals surface area contributed by atoms with Gasteiger partial charge < -0.3 is 14.5 Å². The Hall–Kier alpha value is -2.04. The van der Waals surface area contributed by atoms with Gasteiger partial charge in [-0.3, -0.25) is 9.59 Å². The van der Waals surface area contributed by atoms with E-state index in [4.69, 9.17) is 4.74 Å². The normalized spacial score (nSPS) is 19.2. The molecule has 0 spiro atoms. The molecular formula is C19H26N2O3. The second kappa shape index (κ2) is 7.69. The number of nitrogens with zero attached hydrogens (tertiary/aromatic N) is 2. The second-order valence-electron chi connectivity index (χ2n) is 6.68. The van der Waals surface area contributed by atoms with Crippen molar-refractivity contribution in [3.63, 3.8) is 0 Å². The molecule has 2 aliphatic rings. The van der Waals surface area contributed by atoms with Gasteiger partial charge in [0.25, 0.3) is 5.91 Å². The Bertz CT molecular complexity index is 596. The van der Waals surface area contributed by atoms with Gasteiger partial charge in [-0.05, 0) is 37.5 Å². The number of hydrogen-bond donors (Lipinski definition) is 0. The Morgan fingerprint density at radius 3 is 2.46 bits per heavy atom. The van der Waals surface area contributed by atoms with E-state index in [9.17, 15) is 9.59 Å². The first kappa shape index (κ1) is 16.8. The monoisotopic (exact) mass is 330 g/mol. The van der Waals surface area contributed by atoms with Crippen LogP contribution < -0.4 is 4.74 Å². The molecule has 1 heterocycles. The van der Waals surface area contributed by atoms with E-state index in [-0.39, 0.29) is 11.8 Å². The van der Waals surface area contributed by atoms with Gasteiger partial charge in [0, 0.05) is 37.7 Å². The molecule has 24 heavy (non-hydrogen) atoms. The number of benzene rings is 1. The molecule has 5 nitrogen and oxygen atoms in total. The number of rotatable bonds is 3. The Balaban J connectivity index is 1.62. The van der Waals surface area contributed by atoms with Gasteiger partial charge in [-0.25, -0.2) is 0 Å². The van der Waals surface area contributed by atoms with Crippen LogP contribution in [0.1, 0.15) is 42.5 Å². The van der Waals surface area contributed by atoms with E-state index in [1.54, 1.807) is 13.2 Å². The summed E-state index contributed by atoms with van der Waals surface area (Å²) in [6, 6.07) is 7.26. The molecule has 0 aromatic heterocycles. The molecule has 1 aromatic carbocycles. The molecule has 0 atom stereocenters. The van der Waals surface area contributed by atoms with E-state index < -0.39 is 0 Å². The number of amides is 2. The Kier molecular flexibility index (Phi) is 5.38. The summed E-state index contributed by atoms with van der Waals surface area (Å²) in [4.78, 5) is 29.1. The van der Waals surface area contributed by atoms with E-state index in [1.165, 1.54) is 12.8 Å². The lowest BCUT2D eigenvalue weighted by Crippen LogP contribution is -2.39. The molecule has 1 aromatic rings. The molecule has 0 N–H and O–H groups in total. The topological polar surface area (TPSA) is 49.9 Å². The molecule has 5 heteroatoms. The highest BCUT2D eigenvalue weighted by Crippen LogP contribution is 2.27. The smallest absolute Gasteiger partial charge is 0.254 e. The fraction of sp³-hybridized carbons (Fsp3) is 0.579. The van der Waals surface area contributed by atoms with E-state index in [0.717, 1.165) is 25.8 Å². The zero-order valence-electron chi connectivity index (χ0n) is 14.4. The summed E-state index contributed by atoms with van der Waals surface area (Å²) >= 11 is 0. The minimum absolute atomic E-state index is 0.0177. The van der Waals surface area contributed by atoms with Crippen LogP contribution in [0.25, 0.3) is 0 Å². The van der Waals surface area contributed by atoms with Gasteiger partial charge in [-0.15, -0.1) is 0 Å². The van der Waals surface area contributed by atoms with Crippen molar-refractivity contribution in [3.8, 4) is 5.75 Å². The zero-order valence-corrected chi connectivity index (χ0v) is 14.4. The first-order valence-corrected chi connectivity index (χ1v) is 8.91. The van der Waals surface area contributed by atoms with Crippen LogP contribution in [0.2, 0.25) is 0 Å². The summed E-state index contributed by atoms with van der Waals surface area (Å²) in [5, 5.41) is 0. The third-order valence-corrected chi connectivity index (χ3v) is 5.12. The highest BCUT2D eigenvalue weighted by atomic mass is 16.5. The van der Waals surface area contributed by atoms with Gasteiger partial charge >= 0.3 is 0 Å².